The summed E-state index contributed by atoms with van der Waals surface area (Å²) in [6, 6.07) is 63.6. The quantitative estimate of drug-likeness (QED) is 0.145. The molecule has 0 unspecified atom stereocenters. The standard InChI is InChI=1S/C55H38N2O2/c1-3-38(35-34-36(2)40-24-14-26-44-42-22-10-12-30-48(42)57(52(40)44)39-20-8-5-9-21-39)56(49-31-16-28-45-43-23-11-13-33-51(43)58-54(45)49)50-32-17-29-47-46-27-15-25-41(53(46)59-55(47)50)37-18-6-4-7-19-37/h3-35H,2H2,1H3/b35-34-,38-3+. The molecule has 0 radical (unpaired) electrons. The van der Waals surface area contributed by atoms with Crippen molar-refractivity contribution in [2.45, 2.75) is 6.92 Å². The van der Waals surface area contributed by atoms with Crippen molar-refractivity contribution in [1.82, 2.24) is 4.57 Å². The molecule has 59 heavy (non-hydrogen) atoms. The Kier molecular flexibility index (Phi) is 8.16. The molecule has 0 saturated carbocycles. The number of nitrogens with zero attached hydrogens (tertiary/aromatic N) is 2. The van der Waals surface area contributed by atoms with Crippen LogP contribution in [0.5, 0.6) is 0 Å². The molecule has 0 N–H and O–H groups in total. The second kappa shape index (κ2) is 14.0. The van der Waals surface area contributed by atoms with Crippen LogP contribution in [0.25, 0.3) is 88.1 Å². The van der Waals surface area contributed by atoms with Gasteiger partial charge in [-0.25, -0.2) is 0 Å². The molecule has 3 heterocycles. The molecule has 280 valence electrons. The fraction of sp³-hybridized carbons (Fsp3) is 0.0182. The number of hydrogen-bond acceptors (Lipinski definition) is 3. The molecular weight excluding hydrogens is 721 g/mol. The largest absolute Gasteiger partial charge is 0.454 e. The fourth-order valence-corrected chi connectivity index (χ4v) is 8.84. The number of fused-ring (bicyclic) bond motifs is 9. The zero-order chi connectivity index (χ0) is 39.5. The Hall–Kier alpha value is -7.82. The first-order valence-corrected chi connectivity index (χ1v) is 20.0. The van der Waals surface area contributed by atoms with Crippen molar-refractivity contribution in [3.63, 3.8) is 0 Å². The van der Waals surface area contributed by atoms with Crippen molar-refractivity contribution in [2.24, 2.45) is 0 Å². The van der Waals surface area contributed by atoms with Crippen LogP contribution in [0.2, 0.25) is 0 Å². The average molecular weight is 759 g/mol. The molecule has 8 aromatic carbocycles. The Balaban J connectivity index is 1.11. The summed E-state index contributed by atoms with van der Waals surface area (Å²) in [7, 11) is 0. The van der Waals surface area contributed by atoms with Crippen LogP contribution < -0.4 is 4.90 Å². The molecule has 0 aliphatic rings. The van der Waals surface area contributed by atoms with Gasteiger partial charge in [0.1, 0.15) is 11.2 Å². The van der Waals surface area contributed by atoms with Gasteiger partial charge >= 0.3 is 0 Å². The number of rotatable bonds is 8. The molecule has 0 amide bonds. The Morgan fingerprint density at radius 2 is 1.08 bits per heavy atom. The lowest BCUT2D eigenvalue weighted by molar-refractivity contribution is 0.666. The molecule has 0 fully saturated rings. The Morgan fingerprint density at radius 3 is 1.85 bits per heavy atom. The zero-order valence-corrected chi connectivity index (χ0v) is 32.5. The summed E-state index contributed by atoms with van der Waals surface area (Å²) in [6.07, 6.45) is 6.44. The minimum Gasteiger partial charge on any atom is -0.454 e. The molecule has 0 bridgehead atoms. The van der Waals surface area contributed by atoms with Crippen LogP contribution in [0.4, 0.5) is 11.4 Å². The van der Waals surface area contributed by atoms with Crippen molar-refractivity contribution >= 4 is 82.6 Å². The van der Waals surface area contributed by atoms with E-state index in [0.717, 1.165) is 99.9 Å². The maximum Gasteiger partial charge on any atom is 0.159 e. The average Bonchev–Trinajstić information content (AvgIpc) is 3.98. The van der Waals surface area contributed by atoms with Crippen LogP contribution in [0, 0.1) is 0 Å². The van der Waals surface area contributed by atoms with Gasteiger partial charge < -0.3 is 18.3 Å². The molecule has 0 saturated heterocycles. The monoisotopic (exact) mass is 758 g/mol. The summed E-state index contributed by atoms with van der Waals surface area (Å²) < 4.78 is 16.1. The number of benzene rings is 8. The van der Waals surface area contributed by atoms with E-state index >= 15 is 0 Å². The van der Waals surface area contributed by atoms with Gasteiger partial charge in [-0.2, -0.15) is 0 Å². The number of hydrogen-bond donors (Lipinski definition) is 0. The fourth-order valence-electron chi connectivity index (χ4n) is 8.84. The Bertz CT molecular complexity index is 3470. The van der Waals surface area contributed by atoms with Gasteiger partial charge in [-0.3, -0.25) is 0 Å². The van der Waals surface area contributed by atoms with E-state index in [2.05, 4.69) is 198 Å². The van der Waals surface area contributed by atoms with Gasteiger partial charge in [0.05, 0.1) is 22.4 Å². The second-order valence-electron chi connectivity index (χ2n) is 14.9. The molecule has 11 rings (SSSR count). The first-order valence-electron chi connectivity index (χ1n) is 20.0. The van der Waals surface area contributed by atoms with Crippen LogP contribution in [0.3, 0.4) is 0 Å². The second-order valence-corrected chi connectivity index (χ2v) is 14.9. The number of furan rings is 2. The van der Waals surface area contributed by atoms with E-state index in [0.29, 0.717) is 0 Å². The van der Waals surface area contributed by atoms with Crippen LogP contribution in [-0.4, -0.2) is 4.57 Å². The van der Waals surface area contributed by atoms with Crippen LogP contribution in [0.1, 0.15) is 12.5 Å². The maximum atomic E-state index is 7.02. The zero-order valence-electron chi connectivity index (χ0n) is 32.5. The summed E-state index contributed by atoms with van der Waals surface area (Å²) in [5, 5.41) is 6.63. The van der Waals surface area contributed by atoms with Crippen molar-refractivity contribution in [2.75, 3.05) is 4.90 Å². The van der Waals surface area contributed by atoms with E-state index < -0.39 is 0 Å². The molecule has 3 aromatic heterocycles. The van der Waals surface area contributed by atoms with E-state index in [-0.39, 0.29) is 0 Å². The minimum atomic E-state index is 0.794. The first-order chi connectivity index (χ1) is 29.2. The Morgan fingerprint density at radius 1 is 0.508 bits per heavy atom. The SMILES string of the molecule is C=C(/C=C\C(=C/C)N(c1cccc2c1oc1ccccc12)c1cccc2c1oc1c(-c3ccccc3)cccc12)c1cccc2c3ccccc3n(-c3ccccc3)c12. The molecule has 4 heteroatoms. The molecule has 0 aliphatic carbocycles. The van der Waals surface area contributed by atoms with Crippen LogP contribution in [-0.2, 0) is 0 Å². The molecule has 11 aromatic rings. The molecule has 0 atom stereocenters. The summed E-state index contributed by atoms with van der Waals surface area (Å²) in [6.45, 7) is 6.78. The lowest BCUT2D eigenvalue weighted by Crippen LogP contribution is -2.15. The molecule has 0 aliphatic heterocycles. The van der Waals surface area contributed by atoms with E-state index in [9.17, 15) is 0 Å². The first kappa shape index (κ1) is 34.4. The van der Waals surface area contributed by atoms with Crippen molar-refractivity contribution in [3.05, 3.63) is 218 Å². The van der Waals surface area contributed by atoms with Crippen molar-refractivity contribution < 1.29 is 8.83 Å². The van der Waals surface area contributed by atoms with Crippen molar-refractivity contribution in [1.29, 1.82) is 0 Å². The van der Waals surface area contributed by atoms with Gasteiger partial charge in [-0.15, -0.1) is 0 Å². The maximum absolute atomic E-state index is 7.02. The highest BCUT2D eigenvalue weighted by atomic mass is 16.3. The van der Waals surface area contributed by atoms with E-state index in [1.165, 1.54) is 10.8 Å². The predicted octanol–water partition coefficient (Wildman–Crippen LogP) is 15.6. The van der Waals surface area contributed by atoms with Gasteiger partial charge in [-0.1, -0.05) is 164 Å². The summed E-state index contributed by atoms with van der Waals surface area (Å²) >= 11 is 0. The van der Waals surface area contributed by atoms with Crippen molar-refractivity contribution in [3.8, 4) is 16.8 Å². The van der Waals surface area contributed by atoms with Gasteiger partial charge in [0, 0.05) is 54.8 Å². The number of aromatic nitrogens is 1. The summed E-state index contributed by atoms with van der Waals surface area (Å²) in [5.74, 6) is 0. The third-order valence-corrected chi connectivity index (χ3v) is 11.5. The molecular formula is C55H38N2O2. The van der Waals surface area contributed by atoms with Gasteiger partial charge in [0.2, 0.25) is 0 Å². The number of allylic oxidation sites excluding steroid dienone is 4. The van der Waals surface area contributed by atoms with Gasteiger partial charge in [0.25, 0.3) is 0 Å². The molecule has 0 spiro atoms. The highest BCUT2D eigenvalue weighted by Crippen LogP contribution is 2.46. The topological polar surface area (TPSA) is 34.5 Å². The van der Waals surface area contributed by atoms with Crippen LogP contribution in [0.15, 0.2) is 221 Å². The smallest absolute Gasteiger partial charge is 0.159 e. The van der Waals surface area contributed by atoms with Gasteiger partial charge in [-0.05, 0) is 60.5 Å². The third-order valence-electron chi connectivity index (χ3n) is 11.5. The number of anilines is 2. The lowest BCUT2D eigenvalue weighted by Gasteiger charge is -2.26. The third kappa shape index (κ3) is 5.53. The normalized spacial score (nSPS) is 12.3. The summed E-state index contributed by atoms with van der Waals surface area (Å²) in [5.41, 5.74) is 13.6. The van der Waals surface area contributed by atoms with E-state index in [1.807, 2.05) is 18.2 Å². The Labute approximate surface area is 341 Å². The molecule has 4 nitrogen and oxygen atoms in total. The van der Waals surface area contributed by atoms with E-state index in [4.69, 9.17) is 15.4 Å². The number of para-hydroxylation sites is 7. The highest BCUT2D eigenvalue weighted by molar-refractivity contribution is 6.16. The minimum absolute atomic E-state index is 0.794. The highest BCUT2D eigenvalue weighted by Gasteiger charge is 2.24. The predicted molar refractivity (Wildman–Crippen MR) is 248 cm³/mol. The van der Waals surface area contributed by atoms with Crippen LogP contribution >= 0.6 is 0 Å². The van der Waals surface area contributed by atoms with E-state index in [1.54, 1.807) is 0 Å². The lowest BCUT2D eigenvalue weighted by atomic mass is 10.0. The summed E-state index contributed by atoms with van der Waals surface area (Å²) in [4.78, 5) is 2.27. The van der Waals surface area contributed by atoms with Gasteiger partial charge in [0.15, 0.2) is 11.2 Å².